The van der Waals surface area contributed by atoms with Crippen molar-refractivity contribution in [1.29, 1.82) is 0 Å². The largest absolute Gasteiger partial charge is 0.481 e. The number of carbonyl (C=O) groups excluding carboxylic acids is 2. The normalized spacial score (nSPS) is 24.0. The quantitative estimate of drug-likeness (QED) is 0.726. The molecule has 33 heavy (non-hydrogen) atoms. The molecule has 7 nitrogen and oxygen atoms in total. The van der Waals surface area contributed by atoms with Crippen LogP contribution in [0.5, 0.6) is 0 Å². The highest BCUT2D eigenvalue weighted by atomic mass is 16.5. The number of alkyl carbamates (subject to hydrolysis) is 1. The Morgan fingerprint density at radius 2 is 1.55 bits per heavy atom. The Bertz CT molecular complexity index is 1040. The van der Waals surface area contributed by atoms with E-state index in [1.54, 1.807) is 11.8 Å². The van der Waals surface area contributed by atoms with Crippen LogP contribution >= 0.6 is 0 Å². The van der Waals surface area contributed by atoms with Crippen molar-refractivity contribution in [3.63, 3.8) is 0 Å². The second kappa shape index (κ2) is 8.54. The van der Waals surface area contributed by atoms with Gasteiger partial charge in [-0.3, -0.25) is 9.59 Å². The maximum Gasteiger partial charge on any atom is 0.407 e. The number of rotatable bonds is 5. The number of hydrogen-bond donors (Lipinski definition) is 2. The van der Waals surface area contributed by atoms with Crippen LogP contribution in [-0.2, 0) is 14.3 Å². The smallest absolute Gasteiger partial charge is 0.407 e. The van der Waals surface area contributed by atoms with E-state index in [4.69, 9.17) is 4.74 Å². The molecule has 0 saturated carbocycles. The van der Waals surface area contributed by atoms with Gasteiger partial charge in [0.05, 0.1) is 5.92 Å². The standard InChI is InChI=1S/C26H28N2O5/c1-15(24(29)28-17-10-11-18(28)13-16(12-17)25(30)31)27-26(32)33-14-23-21-8-4-2-6-19(21)20-7-3-5-9-22(20)23/h2-9,15-18,23H,10-14H2,1H3,(H,27,32)(H,30,31)/t15-,16?,17?,18?/m0/s1. The van der Waals surface area contributed by atoms with E-state index in [0.29, 0.717) is 12.8 Å². The van der Waals surface area contributed by atoms with Crippen LogP contribution in [0.4, 0.5) is 4.79 Å². The molecule has 2 N–H and O–H groups in total. The molecule has 172 valence electrons. The zero-order valence-corrected chi connectivity index (χ0v) is 18.6. The lowest BCUT2D eigenvalue weighted by atomic mass is 9.90. The summed E-state index contributed by atoms with van der Waals surface area (Å²) in [7, 11) is 0. The first-order valence-corrected chi connectivity index (χ1v) is 11.6. The Hall–Kier alpha value is -3.35. The minimum Gasteiger partial charge on any atom is -0.481 e. The van der Waals surface area contributed by atoms with Crippen LogP contribution in [0.15, 0.2) is 48.5 Å². The number of carboxylic acids is 1. The fourth-order valence-corrected chi connectivity index (χ4v) is 5.84. The van der Waals surface area contributed by atoms with Gasteiger partial charge in [-0.1, -0.05) is 48.5 Å². The highest BCUT2D eigenvalue weighted by Crippen LogP contribution is 2.44. The SMILES string of the molecule is C[C@H](NC(=O)OCC1c2ccccc2-c2ccccc21)C(=O)N1C2CCC1CC(C(=O)O)C2. The van der Waals surface area contributed by atoms with Gasteiger partial charge in [0.1, 0.15) is 12.6 Å². The lowest BCUT2D eigenvalue weighted by Gasteiger charge is -2.39. The van der Waals surface area contributed by atoms with E-state index < -0.39 is 24.0 Å². The summed E-state index contributed by atoms with van der Waals surface area (Å²) in [6.07, 6.45) is 1.98. The minimum absolute atomic E-state index is 0.0416. The summed E-state index contributed by atoms with van der Waals surface area (Å²) in [5.41, 5.74) is 4.58. The Kier molecular flexibility index (Phi) is 5.56. The van der Waals surface area contributed by atoms with E-state index >= 15 is 0 Å². The van der Waals surface area contributed by atoms with Gasteiger partial charge < -0.3 is 20.1 Å². The number of nitrogens with zero attached hydrogens (tertiary/aromatic N) is 1. The highest BCUT2D eigenvalue weighted by molar-refractivity contribution is 5.86. The van der Waals surface area contributed by atoms with Crippen LogP contribution in [0.3, 0.4) is 0 Å². The molecule has 2 aromatic rings. The van der Waals surface area contributed by atoms with E-state index in [-0.39, 0.29) is 30.5 Å². The van der Waals surface area contributed by atoms with Crippen LogP contribution in [-0.4, -0.2) is 52.7 Å². The Morgan fingerprint density at radius 3 is 2.09 bits per heavy atom. The van der Waals surface area contributed by atoms with Gasteiger partial charge in [0.2, 0.25) is 5.91 Å². The number of benzene rings is 2. The van der Waals surface area contributed by atoms with E-state index in [2.05, 4.69) is 29.6 Å². The zero-order chi connectivity index (χ0) is 23.1. The average molecular weight is 449 g/mol. The molecule has 2 saturated heterocycles. The molecule has 0 aromatic heterocycles. The lowest BCUT2D eigenvalue weighted by Crippen LogP contribution is -2.54. The highest BCUT2D eigenvalue weighted by Gasteiger charge is 2.46. The summed E-state index contributed by atoms with van der Waals surface area (Å²) >= 11 is 0. The Morgan fingerprint density at radius 1 is 1.00 bits per heavy atom. The summed E-state index contributed by atoms with van der Waals surface area (Å²) in [6, 6.07) is 15.4. The molecule has 7 heteroatoms. The van der Waals surface area contributed by atoms with Crippen LogP contribution < -0.4 is 5.32 Å². The van der Waals surface area contributed by atoms with Crippen molar-refractivity contribution in [2.24, 2.45) is 5.92 Å². The summed E-state index contributed by atoms with van der Waals surface area (Å²) in [5, 5.41) is 12.0. The van der Waals surface area contributed by atoms with E-state index in [0.717, 1.165) is 35.1 Å². The van der Waals surface area contributed by atoms with E-state index in [9.17, 15) is 19.5 Å². The molecule has 3 atom stereocenters. The number of amides is 2. The van der Waals surface area contributed by atoms with Gasteiger partial charge in [-0.2, -0.15) is 0 Å². The molecule has 0 spiro atoms. The molecule has 2 aliphatic heterocycles. The molecule has 3 aliphatic rings. The van der Waals surface area contributed by atoms with Crippen LogP contribution in [0, 0.1) is 5.92 Å². The number of fused-ring (bicyclic) bond motifs is 5. The van der Waals surface area contributed by atoms with Gasteiger partial charge in [-0.05, 0) is 54.9 Å². The molecular formula is C26H28N2O5. The van der Waals surface area contributed by atoms with Crippen molar-refractivity contribution >= 4 is 18.0 Å². The second-order valence-corrected chi connectivity index (χ2v) is 9.33. The summed E-state index contributed by atoms with van der Waals surface area (Å²) < 4.78 is 5.57. The second-order valence-electron chi connectivity index (χ2n) is 9.33. The summed E-state index contributed by atoms with van der Waals surface area (Å²) in [4.78, 5) is 38.8. The van der Waals surface area contributed by atoms with Gasteiger partial charge in [0, 0.05) is 18.0 Å². The van der Waals surface area contributed by atoms with Gasteiger partial charge in [-0.15, -0.1) is 0 Å². The number of aliphatic carboxylic acids is 1. The third kappa shape index (κ3) is 3.86. The first-order valence-electron chi connectivity index (χ1n) is 11.6. The number of carbonyl (C=O) groups is 3. The molecular weight excluding hydrogens is 420 g/mol. The number of hydrogen-bond acceptors (Lipinski definition) is 4. The van der Waals surface area contributed by atoms with Gasteiger partial charge in [0.15, 0.2) is 0 Å². The van der Waals surface area contributed by atoms with Crippen molar-refractivity contribution in [2.75, 3.05) is 6.61 Å². The molecule has 5 rings (SSSR count). The van der Waals surface area contributed by atoms with Crippen LogP contribution in [0.1, 0.15) is 49.7 Å². The van der Waals surface area contributed by atoms with Crippen LogP contribution in [0.25, 0.3) is 11.1 Å². The average Bonchev–Trinajstić information content (AvgIpc) is 3.27. The topological polar surface area (TPSA) is 95.9 Å². The monoisotopic (exact) mass is 448 g/mol. The molecule has 2 fully saturated rings. The first-order chi connectivity index (χ1) is 15.9. The fourth-order valence-electron chi connectivity index (χ4n) is 5.84. The van der Waals surface area contributed by atoms with Crippen molar-refractivity contribution in [3.8, 4) is 11.1 Å². The Balaban J connectivity index is 1.20. The maximum atomic E-state index is 13.1. The minimum atomic E-state index is -0.788. The van der Waals surface area contributed by atoms with Crippen molar-refractivity contribution in [1.82, 2.24) is 10.2 Å². The molecule has 2 bridgehead atoms. The fraction of sp³-hybridized carbons (Fsp3) is 0.423. The van der Waals surface area contributed by atoms with E-state index in [1.165, 1.54) is 0 Å². The van der Waals surface area contributed by atoms with Crippen molar-refractivity contribution in [3.05, 3.63) is 59.7 Å². The number of ether oxygens (including phenoxy) is 1. The number of piperidine rings is 1. The lowest BCUT2D eigenvalue weighted by molar-refractivity contribution is -0.148. The molecule has 0 radical (unpaired) electrons. The third-order valence-electron chi connectivity index (χ3n) is 7.39. The summed E-state index contributed by atoms with van der Waals surface area (Å²) in [6.45, 7) is 1.85. The molecule has 2 heterocycles. The van der Waals surface area contributed by atoms with Crippen molar-refractivity contribution < 1.29 is 24.2 Å². The predicted octanol–water partition coefficient (Wildman–Crippen LogP) is 3.77. The first kappa shape index (κ1) is 21.5. The molecule has 2 unspecified atom stereocenters. The van der Waals surface area contributed by atoms with E-state index in [1.807, 2.05) is 24.3 Å². The van der Waals surface area contributed by atoms with Crippen LogP contribution in [0.2, 0.25) is 0 Å². The maximum absolute atomic E-state index is 13.1. The molecule has 1 aliphatic carbocycles. The predicted molar refractivity (Wildman–Crippen MR) is 122 cm³/mol. The summed E-state index contributed by atoms with van der Waals surface area (Å²) in [5.74, 6) is -1.39. The van der Waals surface area contributed by atoms with Crippen molar-refractivity contribution in [2.45, 2.75) is 56.7 Å². The third-order valence-corrected chi connectivity index (χ3v) is 7.39. The number of nitrogens with one attached hydrogen (secondary N) is 1. The number of carboxylic acid groups (broad SMARTS) is 1. The zero-order valence-electron chi connectivity index (χ0n) is 18.6. The molecule has 2 aromatic carbocycles. The van der Waals surface area contributed by atoms with Gasteiger partial charge in [0.25, 0.3) is 0 Å². The molecule has 2 amide bonds. The Labute approximate surface area is 192 Å². The van der Waals surface area contributed by atoms with Gasteiger partial charge in [-0.25, -0.2) is 4.79 Å². The van der Waals surface area contributed by atoms with Gasteiger partial charge >= 0.3 is 12.1 Å².